The Morgan fingerprint density at radius 3 is 2.52 bits per heavy atom. The molecule has 21 heavy (non-hydrogen) atoms. The van der Waals surface area contributed by atoms with Crippen molar-refractivity contribution in [1.29, 1.82) is 0 Å². The maximum absolute atomic E-state index is 12.6. The molecule has 0 saturated carbocycles. The molecule has 8 heteroatoms. The van der Waals surface area contributed by atoms with E-state index in [-0.39, 0.29) is 51.4 Å². The van der Waals surface area contributed by atoms with Gasteiger partial charge in [-0.05, 0) is 24.1 Å². The van der Waals surface area contributed by atoms with Crippen LogP contribution in [0.15, 0.2) is 30.6 Å². The summed E-state index contributed by atoms with van der Waals surface area (Å²) in [5.41, 5.74) is 0.926. The zero-order chi connectivity index (χ0) is 14.8. The van der Waals surface area contributed by atoms with Crippen molar-refractivity contribution in [2.75, 3.05) is 6.61 Å². The van der Waals surface area contributed by atoms with Gasteiger partial charge < -0.3 is 17.7 Å². The van der Waals surface area contributed by atoms with Crippen LogP contribution in [-0.2, 0) is 13.5 Å². The maximum atomic E-state index is 12.6. The molecule has 3 nitrogen and oxygen atoms in total. The van der Waals surface area contributed by atoms with Crippen LogP contribution in [0, 0.1) is 6.92 Å². The van der Waals surface area contributed by atoms with Gasteiger partial charge in [0.05, 0.1) is 12.8 Å². The third-order valence-electron chi connectivity index (χ3n) is 2.98. The van der Waals surface area contributed by atoms with Crippen LogP contribution in [0.3, 0.4) is 0 Å². The normalized spacial score (nSPS) is 11.1. The van der Waals surface area contributed by atoms with Crippen molar-refractivity contribution in [1.82, 2.24) is 9.78 Å². The Morgan fingerprint density at radius 1 is 1.29 bits per heavy atom. The Morgan fingerprint density at radius 2 is 2.00 bits per heavy atom. The summed E-state index contributed by atoms with van der Waals surface area (Å²) in [4.78, 5) is 0. The van der Waals surface area contributed by atoms with Gasteiger partial charge in [-0.2, -0.15) is 5.10 Å². The minimum Gasteiger partial charge on any atom is -0.493 e. The first-order valence-electron chi connectivity index (χ1n) is 6.27. The molecule has 0 saturated heterocycles. The van der Waals surface area contributed by atoms with Crippen LogP contribution < -0.4 is 61.6 Å². The van der Waals surface area contributed by atoms with Gasteiger partial charge in [0.25, 0.3) is 0 Å². The zero-order valence-electron chi connectivity index (χ0n) is 12.3. The van der Waals surface area contributed by atoms with Gasteiger partial charge in [0.2, 0.25) is 0 Å². The molecule has 2 aromatic rings. The SMILES string of the molecule is Cc1cc([B-](F)(F)F)ccc1OCCc1cnn(C)c1.[K+]. The van der Waals surface area contributed by atoms with E-state index in [2.05, 4.69) is 5.10 Å². The Kier molecular flexibility index (Phi) is 6.99. The van der Waals surface area contributed by atoms with E-state index in [1.165, 1.54) is 6.07 Å². The third kappa shape index (κ3) is 5.45. The molecule has 0 unspecified atom stereocenters. The molecule has 0 aliphatic carbocycles. The molecule has 2 rings (SSSR count). The quantitative estimate of drug-likeness (QED) is 0.688. The van der Waals surface area contributed by atoms with Crippen LogP contribution in [0.1, 0.15) is 11.1 Å². The number of benzene rings is 1. The minimum atomic E-state index is -4.96. The molecule has 1 aromatic carbocycles. The van der Waals surface area contributed by atoms with Gasteiger partial charge in [-0.25, -0.2) is 0 Å². The van der Waals surface area contributed by atoms with Gasteiger partial charge in [0.15, 0.2) is 0 Å². The second-order valence-electron chi connectivity index (χ2n) is 4.72. The zero-order valence-corrected chi connectivity index (χ0v) is 15.4. The molecule has 0 fully saturated rings. The molecular formula is C13H15BF3KN2O. The monoisotopic (exact) mass is 322 g/mol. The van der Waals surface area contributed by atoms with Crippen LogP contribution in [0.5, 0.6) is 5.75 Å². The molecule has 1 aromatic heterocycles. The van der Waals surface area contributed by atoms with Gasteiger partial charge in [-0.15, -0.1) is 5.46 Å². The van der Waals surface area contributed by atoms with Crippen molar-refractivity contribution >= 4 is 12.4 Å². The Hall–Kier alpha value is -0.279. The molecule has 0 atom stereocenters. The smallest absolute Gasteiger partial charge is 0.493 e. The summed E-state index contributed by atoms with van der Waals surface area (Å²) < 4.78 is 45.0. The number of nitrogens with zero attached hydrogens (tertiary/aromatic N) is 2. The third-order valence-corrected chi connectivity index (χ3v) is 2.98. The molecule has 0 N–H and O–H groups in total. The summed E-state index contributed by atoms with van der Waals surface area (Å²) in [7, 11) is 1.83. The van der Waals surface area contributed by atoms with Crippen molar-refractivity contribution < 1.29 is 69.1 Å². The second kappa shape index (κ2) is 7.82. The molecule has 0 radical (unpaired) electrons. The molecular weight excluding hydrogens is 307 g/mol. The van der Waals surface area contributed by atoms with E-state index in [0.29, 0.717) is 24.3 Å². The minimum absolute atomic E-state index is 0. The fourth-order valence-electron chi connectivity index (χ4n) is 1.92. The first-order chi connectivity index (χ1) is 9.36. The van der Waals surface area contributed by atoms with E-state index < -0.39 is 12.4 Å². The summed E-state index contributed by atoms with van der Waals surface area (Å²) in [6, 6.07) is 3.56. The van der Waals surface area contributed by atoms with Crippen molar-refractivity contribution in [3.05, 3.63) is 41.7 Å². The average molecular weight is 322 g/mol. The van der Waals surface area contributed by atoms with E-state index in [1.807, 2.05) is 13.2 Å². The number of aryl methyl sites for hydroxylation is 2. The molecule has 0 spiro atoms. The predicted octanol–water partition coefficient (Wildman–Crippen LogP) is -0.592. The number of halogens is 3. The van der Waals surface area contributed by atoms with Gasteiger partial charge in [0.1, 0.15) is 5.75 Å². The van der Waals surface area contributed by atoms with Gasteiger partial charge in [0, 0.05) is 19.7 Å². The summed E-state index contributed by atoms with van der Waals surface area (Å²) in [5, 5.41) is 4.04. The summed E-state index contributed by atoms with van der Waals surface area (Å²) >= 11 is 0. The largest absolute Gasteiger partial charge is 1.00 e. The van der Waals surface area contributed by atoms with E-state index in [1.54, 1.807) is 17.8 Å². The fraction of sp³-hybridized carbons (Fsp3) is 0.308. The molecule has 0 aliphatic rings. The molecule has 0 aliphatic heterocycles. The van der Waals surface area contributed by atoms with Crippen molar-refractivity contribution in [3.63, 3.8) is 0 Å². The van der Waals surface area contributed by atoms with Crippen molar-refractivity contribution in [3.8, 4) is 5.75 Å². The van der Waals surface area contributed by atoms with Crippen LogP contribution in [-0.4, -0.2) is 23.4 Å². The van der Waals surface area contributed by atoms with E-state index in [9.17, 15) is 12.9 Å². The predicted molar refractivity (Wildman–Crippen MR) is 72.3 cm³/mol. The van der Waals surface area contributed by atoms with E-state index in [4.69, 9.17) is 4.74 Å². The maximum Gasteiger partial charge on any atom is 1.00 e. The topological polar surface area (TPSA) is 27.1 Å². The van der Waals surface area contributed by atoms with E-state index in [0.717, 1.165) is 17.7 Å². The second-order valence-corrected chi connectivity index (χ2v) is 4.72. The number of aromatic nitrogens is 2. The standard InChI is InChI=1S/C13H15BF3N2O.K/c1-10-7-12(14(15,16)17)3-4-13(10)20-6-5-11-8-18-19(2)9-11;/h3-4,7-9H,5-6H2,1-2H3;/q-1;+1. The summed E-state index contributed by atoms with van der Waals surface area (Å²) in [6.45, 7) is -2.94. The summed E-state index contributed by atoms with van der Waals surface area (Å²) in [6.07, 6.45) is 4.29. The Balaban J connectivity index is 0.00000220. The van der Waals surface area contributed by atoms with Crippen LogP contribution in [0.2, 0.25) is 0 Å². The van der Waals surface area contributed by atoms with Crippen molar-refractivity contribution in [2.45, 2.75) is 13.3 Å². The summed E-state index contributed by atoms with van der Waals surface area (Å²) in [5.74, 6) is 0.484. The fourth-order valence-corrected chi connectivity index (χ4v) is 1.92. The van der Waals surface area contributed by atoms with Gasteiger partial charge in [-0.1, -0.05) is 12.1 Å². The number of hydrogen-bond acceptors (Lipinski definition) is 2. The van der Waals surface area contributed by atoms with Crippen LogP contribution in [0.25, 0.3) is 0 Å². The van der Waals surface area contributed by atoms with Crippen LogP contribution in [0.4, 0.5) is 12.9 Å². The Labute approximate surface area is 164 Å². The van der Waals surface area contributed by atoms with Gasteiger partial charge >= 0.3 is 58.4 Å². The molecule has 0 amide bonds. The number of ether oxygens (including phenoxy) is 1. The van der Waals surface area contributed by atoms with Gasteiger partial charge in [-0.3, -0.25) is 4.68 Å². The molecule has 108 valence electrons. The van der Waals surface area contributed by atoms with E-state index >= 15 is 0 Å². The van der Waals surface area contributed by atoms with Crippen molar-refractivity contribution in [2.24, 2.45) is 7.05 Å². The molecule has 0 bridgehead atoms. The van der Waals surface area contributed by atoms with Crippen LogP contribution >= 0.6 is 0 Å². The average Bonchev–Trinajstić information content (AvgIpc) is 2.76. The number of hydrogen-bond donors (Lipinski definition) is 0. The first-order valence-corrected chi connectivity index (χ1v) is 6.27. The Bertz CT molecular complexity index is 601. The molecule has 1 heterocycles. The number of rotatable bonds is 5. The first kappa shape index (κ1) is 18.8.